The highest BCUT2D eigenvalue weighted by molar-refractivity contribution is 5.54. The third-order valence-electron chi connectivity index (χ3n) is 2.34. The van der Waals surface area contributed by atoms with Crippen molar-refractivity contribution in [3.05, 3.63) is 24.8 Å². The van der Waals surface area contributed by atoms with Crippen LogP contribution in [0.3, 0.4) is 0 Å². The summed E-state index contributed by atoms with van der Waals surface area (Å²) < 4.78 is 7.20. The molecule has 0 amide bonds. The first-order valence-electron chi connectivity index (χ1n) is 5.95. The van der Waals surface area contributed by atoms with Crippen LogP contribution in [-0.4, -0.2) is 26.4 Å². The number of aromatic nitrogens is 4. The van der Waals surface area contributed by atoms with Gasteiger partial charge in [0.1, 0.15) is 12.1 Å². The molecule has 2 aromatic rings. The predicted octanol–water partition coefficient (Wildman–Crippen LogP) is 2.40. The summed E-state index contributed by atoms with van der Waals surface area (Å²) in [7, 11) is 0. The van der Waals surface area contributed by atoms with Gasteiger partial charge >= 0.3 is 0 Å². The molecule has 2 heterocycles. The zero-order valence-corrected chi connectivity index (χ0v) is 10.8. The van der Waals surface area contributed by atoms with Gasteiger partial charge in [0, 0.05) is 18.3 Å². The Morgan fingerprint density at radius 3 is 2.89 bits per heavy atom. The van der Waals surface area contributed by atoms with Gasteiger partial charge in [-0.15, -0.1) is 0 Å². The number of anilines is 2. The van der Waals surface area contributed by atoms with E-state index in [1.54, 1.807) is 12.3 Å². The van der Waals surface area contributed by atoms with Crippen molar-refractivity contribution in [2.45, 2.75) is 26.8 Å². The zero-order valence-electron chi connectivity index (χ0n) is 10.8. The molecule has 0 aliphatic rings. The van der Waals surface area contributed by atoms with Crippen LogP contribution in [0, 0.1) is 0 Å². The molecule has 6 heteroatoms. The molecule has 6 nitrogen and oxygen atoms in total. The van der Waals surface area contributed by atoms with E-state index < -0.39 is 0 Å². The first kappa shape index (κ1) is 12.3. The Morgan fingerprint density at radius 2 is 2.22 bits per heavy atom. The lowest BCUT2D eigenvalue weighted by atomic mass is 10.4. The molecule has 0 saturated heterocycles. The van der Waals surface area contributed by atoms with E-state index in [9.17, 15) is 0 Å². The van der Waals surface area contributed by atoms with Crippen LogP contribution in [0.15, 0.2) is 24.8 Å². The van der Waals surface area contributed by atoms with Crippen LogP contribution < -0.4 is 10.1 Å². The normalized spacial score (nSPS) is 10.7. The molecule has 18 heavy (non-hydrogen) atoms. The lowest BCUT2D eigenvalue weighted by molar-refractivity contribution is 0.326. The Bertz CT molecular complexity index is 509. The highest BCUT2D eigenvalue weighted by atomic mass is 16.5. The van der Waals surface area contributed by atoms with Crippen LogP contribution in [0.4, 0.5) is 11.5 Å². The first-order chi connectivity index (χ1) is 8.69. The summed E-state index contributed by atoms with van der Waals surface area (Å²) in [5.41, 5.74) is 0.893. The summed E-state index contributed by atoms with van der Waals surface area (Å²) in [6, 6.07) is 2.10. The summed E-state index contributed by atoms with van der Waals surface area (Å²) in [5.74, 6) is 1.25. The predicted molar refractivity (Wildman–Crippen MR) is 69.1 cm³/mol. The van der Waals surface area contributed by atoms with Crippen LogP contribution in [0.2, 0.25) is 0 Å². The summed E-state index contributed by atoms with van der Waals surface area (Å²) >= 11 is 0. The smallest absolute Gasteiger partial charge is 0.218 e. The zero-order chi connectivity index (χ0) is 13.0. The van der Waals surface area contributed by atoms with E-state index >= 15 is 0 Å². The average molecular weight is 247 g/mol. The highest BCUT2D eigenvalue weighted by Crippen LogP contribution is 2.17. The van der Waals surface area contributed by atoms with Gasteiger partial charge in [-0.2, -0.15) is 5.10 Å². The molecule has 2 rings (SSSR count). The summed E-state index contributed by atoms with van der Waals surface area (Å²) in [4.78, 5) is 8.14. The van der Waals surface area contributed by atoms with E-state index in [1.807, 2.05) is 17.8 Å². The highest BCUT2D eigenvalue weighted by Gasteiger charge is 2.04. The number of nitrogens with one attached hydrogen (secondary N) is 1. The van der Waals surface area contributed by atoms with Gasteiger partial charge in [0.15, 0.2) is 0 Å². The monoisotopic (exact) mass is 247 g/mol. The molecule has 2 aromatic heterocycles. The van der Waals surface area contributed by atoms with Gasteiger partial charge in [-0.25, -0.2) is 9.97 Å². The minimum atomic E-state index is 0.338. The van der Waals surface area contributed by atoms with Gasteiger partial charge in [-0.3, -0.25) is 4.68 Å². The molecule has 0 atom stereocenters. The molecule has 0 spiro atoms. The van der Waals surface area contributed by atoms with Crippen molar-refractivity contribution in [1.29, 1.82) is 0 Å². The van der Waals surface area contributed by atoms with E-state index in [2.05, 4.69) is 34.2 Å². The van der Waals surface area contributed by atoms with Crippen molar-refractivity contribution in [3.63, 3.8) is 0 Å². The molecule has 0 saturated carbocycles. The first-order valence-corrected chi connectivity index (χ1v) is 5.95. The lowest BCUT2D eigenvalue weighted by Gasteiger charge is -2.05. The molecule has 96 valence electrons. The lowest BCUT2D eigenvalue weighted by Crippen LogP contribution is -2.00. The molecule has 0 aliphatic carbocycles. The Labute approximate surface area is 106 Å². The van der Waals surface area contributed by atoms with Crippen LogP contribution in [-0.2, 0) is 0 Å². The number of hydrogen-bond donors (Lipinski definition) is 1. The molecular weight excluding hydrogens is 230 g/mol. The van der Waals surface area contributed by atoms with Gasteiger partial charge in [-0.1, -0.05) is 0 Å². The molecule has 0 radical (unpaired) electrons. The maximum Gasteiger partial charge on any atom is 0.218 e. The summed E-state index contributed by atoms with van der Waals surface area (Å²) in [5, 5.41) is 7.41. The second-order valence-corrected chi connectivity index (χ2v) is 4.10. The quantitative estimate of drug-likeness (QED) is 0.878. The topological polar surface area (TPSA) is 64.9 Å². The minimum absolute atomic E-state index is 0.338. The van der Waals surface area contributed by atoms with Gasteiger partial charge in [0.2, 0.25) is 5.88 Å². The Kier molecular flexibility index (Phi) is 3.76. The second kappa shape index (κ2) is 5.48. The van der Waals surface area contributed by atoms with Gasteiger partial charge in [0.05, 0.1) is 18.5 Å². The van der Waals surface area contributed by atoms with Crippen molar-refractivity contribution in [2.24, 2.45) is 0 Å². The minimum Gasteiger partial charge on any atom is -0.478 e. The maximum absolute atomic E-state index is 5.32. The van der Waals surface area contributed by atoms with Crippen LogP contribution >= 0.6 is 0 Å². The van der Waals surface area contributed by atoms with Crippen molar-refractivity contribution in [3.8, 4) is 5.88 Å². The molecule has 0 aliphatic heterocycles. The average Bonchev–Trinajstić information content (AvgIpc) is 2.78. The van der Waals surface area contributed by atoms with Crippen LogP contribution in [0.5, 0.6) is 5.88 Å². The Morgan fingerprint density at radius 1 is 1.39 bits per heavy atom. The molecule has 0 bridgehead atoms. The fraction of sp³-hybridized carbons (Fsp3) is 0.417. The van der Waals surface area contributed by atoms with E-state index in [4.69, 9.17) is 4.74 Å². The van der Waals surface area contributed by atoms with E-state index in [0.717, 1.165) is 5.69 Å². The van der Waals surface area contributed by atoms with Crippen LogP contribution in [0.1, 0.15) is 26.8 Å². The van der Waals surface area contributed by atoms with Crippen molar-refractivity contribution >= 4 is 11.5 Å². The summed E-state index contributed by atoms with van der Waals surface area (Å²) in [6.07, 6.45) is 5.18. The molecular formula is C12H17N5O. The fourth-order valence-electron chi connectivity index (χ4n) is 1.47. The van der Waals surface area contributed by atoms with E-state index in [-0.39, 0.29) is 0 Å². The number of ether oxygens (including phenoxy) is 1. The number of nitrogens with zero attached hydrogens (tertiary/aromatic N) is 4. The number of rotatable bonds is 5. The second-order valence-electron chi connectivity index (χ2n) is 4.10. The Hall–Kier alpha value is -2.11. The van der Waals surface area contributed by atoms with E-state index in [1.165, 1.54) is 6.33 Å². The molecule has 0 aromatic carbocycles. The largest absolute Gasteiger partial charge is 0.478 e. The third-order valence-corrected chi connectivity index (χ3v) is 2.34. The molecule has 0 unspecified atom stereocenters. The Balaban J connectivity index is 2.10. The molecule has 0 fully saturated rings. The SMILES string of the molecule is CCOc1cc(Nc2cnn(C(C)C)c2)ncn1. The van der Waals surface area contributed by atoms with E-state index in [0.29, 0.717) is 24.3 Å². The molecule has 1 N–H and O–H groups in total. The van der Waals surface area contributed by atoms with Crippen molar-refractivity contribution in [1.82, 2.24) is 19.7 Å². The maximum atomic E-state index is 5.32. The van der Waals surface area contributed by atoms with Gasteiger partial charge in [0.25, 0.3) is 0 Å². The van der Waals surface area contributed by atoms with Gasteiger partial charge < -0.3 is 10.1 Å². The summed E-state index contributed by atoms with van der Waals surface area (Å²) in [6.45, 7) is 6.66. The van der Waals surface area contributed by atoms with Crippen molar-refractivity contribution < 1.29 is 4.74 Å². The van der Waals surface area contributed by atoms with Gasteiger partial charge in [-0.05, 0) is 20.8 Å². The number of hydrogen-bond acceptors (Lipinski definition) is 5. The standard InChI is InChI=1S/C12H17N5O/c1-4-18-12-5-11(13-8-14-12)16-10-6-15-17(7-10)9(2)3/h5-9H,4H2,1-3H3,(H,13,14,16). The fourth-order valence-corrected chi connectivity index (χ4v) is 1.47. The third kappa shape index (κ3) is 2.97. The van der Waals surface area contributed by atoms with Crippen LogP contribution in [0.25, 0.3) is 0 Å². The van der Waals surface area contributed by atoms with Crippen molar-refractivity contribution in [2.75, 3.05) is 11.9 Å².